The second kappa shape index (κ2) is 7.10. The van der Waals surface area contributed by atoms with Crippen LogP contribution in [0.3, 0.4) is 0 Å². The number of thiazole rings is 1. The number of H-pyrrole nitrogens is 1. The molecule has 1 atom stereocenters. The summed E-state index contributed by atoms with van der Waals surface area (Å²) >= 11 is 1.74. The fourth-order valence-electron chi connectivity index (χ4n) is 2.67. The molecule has 3 rings (SSSR count). The minimum Gasteiger partial charge on any atom is -0.331 e. The van der Waals surface area contributed by atoms with Crippen LogP contribution in [0, 0.1) is 6.92 Å². The number of aromatic amines is 1. The minimum atomic E-state index is -0.0422. The predicted molar refractivity (Wildman–Crippen MR) is 89.2 cm³/mol. The normalized spacial score (nSPS) is 17.2. The third kappa shape index (κ3) is 4.08. The molecule has 7 nitrogen and oxygen atoms in total. The first-order valence-electron chi connectivity index (χ1n) is 7.79. The zero-order valence-electron chi connectivity index (χ0n) is 13.5. The summed E-state index contributed by atoms with van der Waals surface area (Å²) in [5.41, 5.74) is 0.984. The van der Waals surface area contributed by atoms with Gasteiger partial charge in [0.2, 0.25) is 0 Å². The molecule has 2 amide bonds. The van der Waals surface area contributed by atoms with E-state index in [0.717, 1.165) is 43.3 Å². The van der Waals surface area contributed by atoms with E-state index in [1.54, 1.807) is 23.7 Å². The SMILES string of the molecule is Cc1ncc(CN2CCN(C(=O)NC(C)c3cn[nH]c3)CC2)s1. The van der Waals surface area contributed by atoms with Crippen LogP contribution in [0.4, 0.5) is 4.79 Å². The Balaban J connectivity index is 1.45. The van der Waals surface area contributed by atoms with Crippen LogP contribution < -0.4 is 5.32 Å². The van der Waals surface area contributed by atoms with Crippen molar-refractivity contribution in [2.75, 3.05) is 26.2 Å². The third-order valence-electron chi connectivity index (χ3n) is 4.07. The van der Waals surface area contributed by atoms with E-state index in [1.165, 1.54) is 4.88 Å². The molecule has 2 aromatic rings. The van der Waals surface area contributed by atoms with Gasteiger partial charge < -0.3 is 10.2 Å². The van der Waals surface area contributed by atoms with Crippen molar-refractivity contribution in [3.05, 3.63) is 34.0 Å². The molecule has 0 saturated carbocycles. The Morgan fingerprint density at radius 2 is 2.17 bits per heavy atom. The zero-order valence-corrected chi connectivity index (χ0v) is 14.3. The molecule has 8 heteroatoms. The monoisotopic (exact) mass is 334 g/mol. The second-order valence-corrected chi connectivity index (χ2v) is 7.13. The maximum absolute atomic E-state index is 12.3. The van der Waals surface area contributed by atoms with Crippen LogP contribution in [0.1, 0.15) is 28.4 Å². The highest BCUT2D eigenvalue weighted by molar-refractivity contribution is 7.11. The summed E-state index contributed by atoms with van der Waals surface area (Å²) in [4.78, 5) is 22.2. The number of hydrogen-bond acceptors (Lipinski definition) is 5. The van der Waals surface area contributed by atoms with Crippen LogP contribution in [-0.2, 0) is 6.54 Å². The molecule has 1 aliphatic rings. The molecule has 2 N–H and O–H groups in total. The molecular weight excluding hydrogens is 312 g/mol. The molecule has 0 radical (unpaired) electrons. The maximum atomic E-state index is 12.3. The fourth-order valence-corrected chi connectivity index (χ4v) is 3.50. The van der Waals surface area contributed by atoms with Crippen molar-refractivity contribution >= 4 is 17.4 Å². The summed E-state index contributed by atoms with van der Waals surface area (Å²) in [6, 6.07) is -0.0496. The lowest BCUT2D eigenvalue weighted by Crippen LogP contribution is -2.51. The van der Waals surface area contributed by atoms with Gasteiger partial charge in [0, 0.05) is 55.6 Å². The summed E-state index contributed by atoms with van der Waals surface area (Å²) in [6.45, 7) is 8.20. The number of urea groups is 1. The standard InChI is InChI=1S/C15H22N6OS/c1-11(13-7-17-18-8-13)19-15(22)21-5-3-20(4-6-21)10-14-9-16-12(2)23-14/h7-9,11H,3-6,10H2,1-2H3,(H,17,18)(H,19,22). The largest absolute Gasteiger partial charge is 0.331 e. The number of rotatable bonds is 4. The number of hydrogen-bond donors (Lipinski definition) is 2. The van der Waals surface area contributed by atoms with Crippen molar-refractivity contribution in [2.45, 2.75) is 26.4 Å². The summed E-state index contributed by atoms with van der Waals surface area (Å²) in [7, 11) is 0. The van der Waals surface area contributed by atoms with Crippen LogP contribution in [0.5, 0.6) is 0 Å². The van der Waals surface area contributed by atoms with Gasteiger partial charge >= 0.3 is 6.03 Å². The number of nitrogens with zero attached hydrogens (tertiary/aromatic N) is 4. The highest BCUT2D eigenvalue weighted by Crippen LogP contribution is 2.16. The van der Waals surface area contributed by atoms with E-state index >= 15 is 0 Å². The van der Waals surface area contributed by atoms with E-state index in [9.17, 15) is 4.79 Å². The minimum absolute atomic E-state index is 0.00742. The lowest BCUT2D eigenvalue weighted by molar-refractivity contribution is 0.134. The fraction of sp³-hybridized carbons (Fsp3) is 0.533. The van der Waals surface area contributed by atoms with Crippen molar-refractivity contribution in [2.24, 2.45) is 0 Å². The summed E-state index contributed by atoms with van der Waals surface area (Å²) in [6.07, 6.45) is 5.49. The number of carbonyl (C=O) groups is 1. The number of nitrogens with one attached hydrogen (secondary N) is 2. The Hall–Kier alpha value is -1.93. The Bertz CT molecular complexity index is 632. The van der Waals surface area contributed by atoms with Crippen LogP contribution in [0.15, 0.2) is 18.6 Å². The van der Waals surface area contributed by atoms with Gasteiger partial charge in [-0.05, 0) is 13.8 Å². The molecule has 23 heavy (non-hydrogen) atoms. The first kappa shape index (κ1) is 15.9. The van der Waals surface area contributed by atoms with Crippen LogP contribution >= 0.6 is 11.3 Å². The first-order chi connectivity index (χ1) is 11.1. The van der Waals surface area contributed by atoms with Gasteiger partial charge in [0.15, 0.2) is 0 Å². The lowest BCUT2D eigenvalue weighted by atomic mass is 10.2. The smallest absolute Gasteiger partial charge is 0.317 e. The van der Waals surface area contributed by atoms with E-state index in [-0.39, 0.29) is 12.1 Å². The molecule has 2 aromatic heterocycles. The molecule has 0 aromatic carbocycles. The highest BCUT2D eigenvalue weighted by Gasteiger charge is 2.22. The highest BCUT2D eigenvalue weighted by atomic mass is 32.1. The van der Waals surface area contributed by atoms with E-state index in [2.05, 4.69) is 25.4 Å². The molecule has 3 heterocycles. The molecule has 1 fully saturated rings. The Kier molecular flexibility index (Phi) is 4.92. The lowest BCUT2D eigenvalue weighted by Gasteiger charge is -2.35. The van der Waals surface area contributed by atoms with Crippen molar-refractivity contribution in [3.63, 3.8) is 0 Å². The summed E-state index contributed by atoms with van der Waals surface area (Å²) in [5.74, 6) is 0. The number of amides is 2. The molecule has 0 spiro atoms. The topological polar surface area (TPSA) is 77.2 Å². The van der Waals surface area contributed by atoms with E-state index in [4.69, 9.17) is 0 Å². The molecule has 1 aliphatic heterocycles. The van der Waals surface area contributed by atoms with E-state index in [1.807, 2.05) is 24.9 Å². The molecule has 1 saturated heterocycles. The van der Waals surface area contributed by atoms with Gasteiger partial charge in [-0.1, -0.05) is 0 Å². The molecule has 0 aliphatic carbocycles. The van der Waals surface area contributed by atoms with E-state index < -0.39 is 0 Å². The average Bonchev–Trinajstić information content (AvgIpc) is 3.20. The van der Waals surface area contributed by atoms with Gasteiger partial charge in [0.05, 0.1) is 17.2 Å². The van der Waals surface area contributed by atoms with Gasteiger partial charge in [-0.3, -0.25) is 10.00 Å². The third-order valence-corrected chi connectivity index (χ3v) is 4.96. The molecule has 1 unspecified atom stereocenters. The number of carbonyl (C=O) groups excluding carboxylic acids is 1. The van der Waals surface area contributed by atoms with Gasteiger partial charge in [-0.2, -0.15) is 5.10 Å². The van der Waals surface area contributed by atoms with Gasteiger partial charge in [0.25, 0.3) is 0 Å². The molecular formula is C15H22N6OS. The van der Waals surface area contributed by atoms with Crippen molar-refractivity contribution < 1.29 is 4.79 Å². The van der Waals surface area contributed by atoms with Gasteiger partial charge in [-0.25, -0.2) is 9.78 Å². The van der Waals surface area contributed by atoms with Gasteiger partial charge in [0.1, 0.15) is 0 Å². The first-order valence-corrected chi connectivity index (χ1v) is 8.61. The van der Waals surface area contributed by atoms with Crippen molar-refractivity contribution in [1.29, 1.82) is 0 Å². The van der Waals surface area contributed by atoms with Crippen LogP contribution in [0.25, 0.3) is 0 Å². The van der Waals surface area contributed by atoms with Crippen molar-refractivity contribution in [3.8, 4) is 0 Å². The van der Waals surface area contributed by atoms with Crippen LogP contribution in [-0.4, -0.2) is 57.2 Å². The number of aromatic nitrogens is 3. The molecule has 124 valence electrons. The predicted octanol–water partition coefficient (Wildman–Crippen LogP) is 1.76. The maximum Gasteiger partial charge on any atom is 0.317 e. The Morgan fingerprint density at radius 1 is 1.39 bits per heavy atom. The second-order valence-electron chi connectivity index (χ2n) is 5.81. The summed E-state index contributed by atoms with van der Waals surface area (Å²) in [5, 5.41) is 10.8. The van der Waals surface area contributed by atoms with Gasteiger partial charge in [-0.15, -0.1) is 11.3 Å². The average molecular weight is 334 g/mol. The number of aryl methyl sites for hydroxylation is 1. The van der Waals surface area contributed by atoms with Crippen LogP contribution in [0.2, 0.25) is 0 Å². The Labute approximate surface area is 139 Å². The number of piperazine rings is 1. The zero-order chi connectivity index (χ0) is 16.2. The quantitative estimate of drug-likeness (QED) is 0.893. The van der Waals surface area contributed by atoms with Crippen molar-refractivity contribution in [1.82, 2.24) is 30.3 Å². The Morgan fingerprint density at radius 3 is 2.78 bits per heavy atom. The molecule has 0 bridgehead atoms. The summed E-state index contributed by atoms with van der Waals surface area (Å²) < 4.78 is 0. The van der Waals surface area contributed by atoms with E-state index in [0.29, 0.717) is 0 Å².